The second kappa shape index (κ2) is 10.3. The molecule has 0 bridgehead atoms. The smallest absolute Gasteiger partial charge is 0.191 e. The van der Waals surface area contributed by atoms with Crippen molar-refractivity contribution < 1.29 is 8.94 Å². The molecule has 0 saturated heterocycles. The molecule has 0 radical (unpaired) electrons. The van der Waals surface area contributed by atoms with Gasteiger partial charge in [-0.3, -0.25) is 0 Å². The maximum atomic E-state index is 5.85. The van der Waals surface area contributed by atoms with Crippen LogP contribution in [0.15, 0.2) is 44.3 Å². The molecule has 0 fully saturated rings. The van der Waals surface area contributed by atoms with E-state index in [0.717, 1.165) is 59.1 Å². The Labute approximate surface area is 176 Å². The number of furan rings is 1. The number of benzene rings is 1. The van der Waals surface area contributed by atoms with Crippen molar-refractivity contribution in [2.24, 2.45) is 4.99 Å². The van der Waals surface area contributed by atoms with Gasteiger partial charge < -0.3 is 19.6 Å². The molecule has 6 nitrogen and oxygen atoms in total. The molecule has 0 unspecified atom stereocenters. The van der Waals surface area contributed by atoms with E-state index in [9.17, 15) is 0 Å². The molecule has 2 N–H and O–H groups in total. The first kappa shape index (κ1) is 21.3. The van der Waals surface area contributed by atoms with Gasteiger partial charge in [0.15, 0.2) is 5.96 Å². The van der Waals surface area contributed by atoms with Crippen LogP contribution in [-0.4, -0.2) is 17.7 Å². The Hall–Kier alpha value is -2.03. The third-order valence-electron chi connectivity index (χ3n) is 4.25. The topological polar surface area (TPSA) is 75.6 Å². The van der Waals surface area contributed by atoms with Gasteiger partial charge in [0.2, 0.25) is 0 Å². The molecule has 146 valence electrons. The fourth-order valence-corrected chi connectivity index (χ4v) is 2.91. The molecule has 0 amide bonds. The van der Waals surface area contributed by atoms with Crippen LogP contribution in [-0.2, 0) is 25.9 Å². The lowest BCUT2D eigenvalue weighted by atomic mass is 10.1. The van der Waals surface area contributed by atoms with E-state index in [1.807, 2.05) is 31.2 Å². The minimum absolute atomic E-state index is 0. The summed E-state index contributed by atoms with van der Waals surface area (Å²) < 4.78 is 11.3. The summed E-state index contributed by atoms with van der Waals surface area (Å²) in [5.41, 5.74) is 2.98. The summed E-state index contributed by atoms with van der Waals surface area (Å²) in [6.45, 7) is 8.11. The molecule has 3 aromatic rings. The molecule has 0 atom stereocenters. The zero-order chi connectivity index (χ0) is 18.4. The maximum Gasteiger partial charge on any atom is 0.191 e. The number of aromatic nitrogens is 1. The van der Waals surface area contributed by atoms with Crippen molar-refractivity contribution >= 4 is 40.9 Å². The number of aryl methyl sites for hydroxylation is 2. The molecule has 0 aliphatic carbocycles. The van der Waals surface area contributed by atoms with Crippen LogP contribution >= 0.6 is 24.0 Å². The van der Waals surface area contributed by atoms with Gasteiger partial charge in [-0.1, -0.05) is 37.2 Å². The van der Waals surface area contributed by atoms with Crippen molar-refractivity contribution in [1.82, 2.24) is 15.8 Å². The van der Waals surface area contributed by atoms with E-state index in [2.05, 4.69) is 35.7 Å². The predicted molar refractivity (Wildman–Crippen MR) is 119 cm³/mol. The SMILES string of the molecule is CCNC(=NCc1c(CC)noc1CC)NCc1cc2ccccc2o1.I. The molecule has 3 rings (SSSR count). The molecular formula is C20H27IN4O2. The second-order valence-electron chi connectivity index (χ2n) is 6.04. The molecule has 0 aliphatic heterocycles. The van der Waals surface area contributed by atoms with Gasteiger partial charge in [-0.05, 0) is 25.5 Å². The van der Waals surface area contributed by atoms with E-state index < -0.39 is 0 Å². The largest absolute Gasteiger partial charge is 0.459 e. The van der Waals surface area contributed by atoms with Gasteiger partial charge in [0.1, 0.15) is 17.1 Å². The highest BCUT2D eigenvalue weighted by molar-refractivity contribution is 14.0. The van der Waals surface area contributed by atoms with Crippen LogP contribution in [0.5, 0.6) is 0 Å². The summed E-state index contributed by atoms with van der Waals surface area (Å²) in [6, 6.07) is 10.1. The van der Waals surface area contributed by atoms with Gasteiger partial charge in [0.05, 0.1) is 18.8 Å². The van der Waals surface area contributed by atoms with Crippen molar-refractivity contribution in [2.75, 3.05) is 6.54 Å². The zero-order valence-corrected chi connectivity index (χ0v) is 18.4. The van der Waals surface area contributed by atoms with Gasteiger partial charge in [-0.15, -0.1) is 24.0 Å². The molecule has 2 aromatic heterocycles. The molecule has 1 aromatic carbocycles. The Morgan fingerprint density at radius 2 is 1.93 bits per heavy atom. The van der Waals surface area contributed by atoms with E-state index in [4.69, 9.17) is 13.9 Å². The van der Waals surface area contributed by atoms with Crippen LogP contribution < -0.4 is 10.6 Å². The van der Waals surface area contributed by atoms with Crippen molar-refractivity contribution in [3.05, 3.63) is 53.1 Å². The van der Waals surface area contributed by atoms with E-state index >= 15 is 0 Å². The predicted octanol–water partition coefficient (Wildman–Crippen LogP) is 4.42. The van der Waals surface area contributed by atoms with Gasteiger partial charge in [-0.25, -0.2) is 4.99 Å². The first-order chi connectivity index (χ1) is 12.7. The number of nitrogens with one attached hydrogen (secondary N) is 2. The highest BCUT2D eigenvalue weighted by atomic mass is 127. The van der Waals surface area contributed by atoms with Crippen molar-refractivity contribution in [1.29, 1.82) is 0 Å². The summed E-state index contributed by atoms with van der Waals surface area (Å²) in [4.78, 5) is 4.69. The van der Waals surface area contributed by atoms with Crippen molar-refractivity contribution in [3.8, 4) is 0 Å². The summed E-state index contributed by atoms with van der Waals surface area (Å²) in [7, 11) is 0. The van der Waals surface area contributed by atoms with E-state index in [1.54, 1.807) is 0 Å². The Bertz CT molecular complexity index is 831. The maximum absolute atomic E-state index is 5.85. The van der Waals surface area contributed by atoms with Gasteiger partial charge in [0.25, 0.3) is 0 Å². The Morgan fingerprint density at radius 1 is 1.11 bits per heavy atom. The molecule has 0 saturated carbocycles. The number of hydrogen-bond acceptors (Lipinski definition) is 4. The van der Waals surface area contributed by atoms with Crippen molar-refractivity contribution in [2.45, 2.75) is 46.7 Å². The van der Waals surface area contributed by atoms with E-state index in [0.29, 0.717) is 13.1 Å². The highest BCUT2D eigenvalue weighted by Crippen LogP contribution is 2.19. The van der Waals surface area contributed by atoms with Crippen LogP contribution in [0.3, 0.4) is 0 Å². The van der Waals surface area contributed by atoms with Crippen LogP contribution in [0.1, 0.15) is 43.5 Å². The number of guanidine groups is 1. The highest BCUT2D eigenvalue weighted by Gasteiger charge is 2.13. The van der Waals surface area contributed by atoms with Crippen LogP contribution in [0.4, 0.5) is 0 Å². The zero-order valence-electron chi connectivity index (χ0n) is 16.0. The number of hydrogen-bond donors (Lipinski definition) is 2. The summed E-state index contributed by atoms with van der Waals surface area (Å²) in [5, 5.41) is 11.9. The molecule has 0 spiro atoms. The summed E-state index contributed by atoms with van der Waals surface area (Å²) >= 11 is 0. The first-order valence-corrected chi connectivity index (χ1v) is 9.21. The first-order valence-electron chi connectivity index (χ1n) is 9.21. The lowest BCUT2D eigenvalue weighted by molar-refractivity contribution is 0.380. The normalized spacial score (nSPS) is 11.4. The summed E-state index contributed by atoms with van der Waals surface area (Å²) in [6.07, 6.45) is 1.66. The van der Waals surface area contributed by atoms with E-state index in [1.165, 1.54) is 0 Å². The molecule has 2 heterocycles. The second-order valence-corrected chi connectivity index (χ2v) is 6.04. The van der Waals surface area contributed by atoms with Gasteiger partial charge >= 0.3 is 0 Å². The molecule has 27 heavy (non-hydrogen) atoms. The third kappa shape index (κ3) is 5.24. The molecule has 0 aliphatic rings. The fraction of sp³-hybridized carbons (Fsp3) is 0.400. The standard InChI is InChI=1S/C20H26N4O2.HI/c1-4-17-16(18(5-2)26-24-17)13-23-20(21-6-3)22-12-15-11-14-9-7-8-10-19(14)25-15;/h7-11H,4-6,12-13H2,1-3H3,(H2,21,22,23);1H. The van der Waals surface area contributed by atoms with Crippen molar-refractivity contribution in [3.63, 3.8) is 0 Å². The lowest BCUT2D eigenvalue weighted by Gasteiger charge is -2.10. The average molecular weight is 482 g/mol. The Balaban J connectivity index is 0.00000261. The Morgan fingerprint density at radius 3 is 2.63 bits per heavy atom. The number of halogens is 1. The Kier molecular flexibility index (Phi) is 8.15. The third-order valence-corrected chi connectivity index (χ3v) is 4.25. The average Bonchev–Trinajstić information content (AvgIpc) is 3.26. The lowest BCUT2D eigenvalue weighted by Crippen LogP contribution is -2.36. The number of rotatable bonds is 7. The van der Waals surface area contributed by atoms with Gasteiger partial charge in [-0.2, -0.15) is 0 Å². The number of fused-ring (bicyclic) bond motifs is 1. The van der Waals surface area contributed by atoms with Gasteiger partial charge in [0, 0.05) is 23.9 Å². The van der Waals surface area contributed by atoms with Crippen LogP contribution in [0.2, 0.25) is 0 Å². The number of nitrogens with zero attached hydrogens (tertiary/aromatic N) is 2. The fourth-order valence-electron chi connectivity index (χ4n) is 2.91. The number of para-hydroxylation sites is 1. The molecule has 7 heteroatoms. The van der Waals surface area contributed by atoms with E-state index in [-0.39, 0.29) is 24.0 Å². The number of aliphatic imine (C=N–C) groups is 1. The summed E-state index contributed by atoms with van der Waals surface area (Å²) in [5.74, 6) is 2.54. The quantitative estimate of drug-likeness (QED) is 0.296. The van der Waals surface area contributed by atoms with Crippen LogP contribution in [0, 0.1) is 0 Å². The monoisotopic (exact) mass is 482 g/mol. The molecular weight excluding hydrogens is 455 g/mol. The minimum atomic E-state index is 0. The minimum Gasteiger partial charge on any atom is -0.459 e. The van der Waals surface area contributed by atoms with Crippen LogP contribution in [0.25, 0.3) is 11.0 Å².